The van der Waals surface area contributed by atoms with Crippen molar-refractivity contribution in [3.63, 3.8) is 0 Å². The van der Waals surface area contributed by atoms with Crippen LogP contribution in [0.3, 0.4) is 0 Å². The summed E-state index contributed by atoms with van der Waals surface area (Å²) in [7, 11) is 1.52. The van der Waals surface area contributed by atoms with Crippen molar-refractivity contribution in [1.82, 2.24) is 25.1 Å². The van der Waals surface area contributed by atoms with E-state index in [1.807, 2.05) is 36.4 Å². The van der Waals surface area contributed by atoms with Crippen LogP contribution in [0.25, 0.3) is 0 Å². The number of carbonyl (C=O) groups is 3. The van der Waals surface area contributed by atoms with Crippen molar-refractivity contribution in [2.45, 2.75) is 69.7 Å². The molecule has 13 heteroatoms. The molecule has 4 amide bonds. The van der Waals surface area contributed by atoms with E-state index in [2.05, 4.69) is 20.6 Å². The molecular weight excluding hydrogens is 586 g/mol. The number of anilines is 1. The fourth-order valence-corrected chi connectivity index (χ4v) is 5.96. The summed E-state index contributed by atoms with van der Waals surface area (Å²) in [6.45, 7) is 6.16. The van der Waals surface area contributed by atoms with Gasteiger partial charge < -0.3 is 24.6 Å². The Morgan fingerprint density at radius 1 is 1.20 bits per heavy atom. The minimum absolute atomic E-state index is 0.0131. The molecule has 2 N–H and O–H groups in total. The first-order valence-electron chi connectivity index (χ1n) is 14.7. The van der Waals surface area contributed by atoms with Gasteiger partial charge in [-0.15, -0.1) is 11.6 Å². The first-order chi connectivity index (χ1) is 21.0. The quantitative estimate of drug-likeness (QED) is 0.377. The molecule has 2 heterocycles. The first kappa shape index (κ1) is 33.0. The van der Waals surface area contributed by atoms with Gasteiger partial charge in [0.2, 0.25) is 5.91 Å². The van der Waals surface area contributed by atoms with Gasteiger partial charge in [0.15, 0.2) is 11.5 Å². The topological polar surface area (TPSA) is 150 Å². The molecule has 0 bridgehead atoms. The minimum atomic E-state index is -1.23. The Labute approximate surface area is 263 Å². The summed E-state index contributed by atoms with van der Waals surface area (Å²) < 4.78 is 11.9. The summed E-state index contributed by atoms with van der Waals surface area (Å²) in [6, 6.07) is 10.2. The molecule has 2 fully saturated rings. The lowest BCUT2D eigenvalue weighted by atomic mass is 9.77. The SMILES string of the molecule is CO[C@H]1CN(C(=O)C2CC2)CCC1(NC(=O)Nc1cnc(C#N)cn1)C(CCl)N(CCc1ccccc1)C(=O)OC(C)(C)C. The number of urea groups is 1. The Balaban J connectivity index is 1.70. The molecule has 1 saturated carbocycles. The van der Waals surface area contributed by atoms with Gasteiger partial charge in [0, 0.05) is 38.5 Å². The van der Waals surface area contributed by atoms with E-state index < -0.39 is 35.4 Å². The van der Waals surface area contributed by atoms with E-state index in [1.165, 1.54) is 19.5 Å². The fourth-order valence-electron chi connectivity index (χ4n) is 5.51. The Morgan fingerprint density at radius 3 is 2.50 bits per heavy atom. The second-order valence-electron chi connectivity index (χ2n) is 12.1. The third kappa shape index (κ3) is 8.15. The van der Waals surface area contributed by atoms with E-state index in [0.29, 0.717) is 13.0 Å². The molecule has 12 nitrogen and oxygen atoms in total. The molecule has 1 aliphatic heterocycles. The van der Waals surface area contributed by atoms with Crippen LogP contribution in [0.5, 0.6) is 0 Å². The van der Waals surface area contributed by atoms with Gasteiger partial charge in [0.05, 0.1) is 30.1 Å². The summed E-state index contributed by atoms with van der Waals surface area (Å²) in [5, 5.41) is 14.8. The van der Waals surface area contributed by atoms with Crippen molar-refractivity contribution in [3.8, 4) is 6.07 Å². The largest absolute Gasteiger partial charge is 0.444 e. The number of hydrogen-bond acceptors (Lipinski definition) is 8. The van der Waals surface area contributed by atoms with E-state index in [9.17, 15) is 14.4 Å². The van der Waals surface area contributed by atoms with Crippen molar-refractivity contribution in [1.29, 1.82) is 5.26 Å². The van der Waals surface area contributed by atoms with Crippen molar-refractivity contribution in [3.05, 3.63) is 54.0 Å². The number of rotatable bonds is 10. The van der Waals surface area contributed by atoms with Gasteiger partial charge in [0.1, 0.15) is 11.7 Å². The van der Waals surface area contributed by atoms with Crippen LogP contribution in [-0.2, 0) is 20.7 Å². The molecule has 4 rings (SSSR count). The maximum atomic E-state index is 13.8. The van der Waals surface area contributed by atoms with Crippen LogP contribution in [-0.4, -0.2) is 93.7 Å². The molecule has 1 aromatic carbocycles. The smallest absolute Gasteiger partial charge is 0.410 e. The van der Waals surface area contributed by atoms with E-state index in [4.69, 9.17) is 26.3 Å². The third-order valence-electron chi connectivity index (χ3n) is 7.86. The number of aromatic nitrogens is 2. The van der Waals surface area contributed by atoms with Crippen LogP contribution >= 0.6 is 11.6 Å². The van der Waals surface area contributed by atoms with E-state index in [-0.39, 0.29) is 48.7 Å². The summed E-state index contributed by atoms with van der Waals surface area (Å²) in [5.41, 5.74) is -0.893. The number of hydrogen-bond donors (Lipinski definition) is 2. The van der Waals surface area contributed by atoms with Gasteiger partial charge in [-0.2, -0.15) is 5.26 Å². The Hall–Kier alpha value is -3.95. The number of benzene rings is 1. The van der Waals surface area contributed by atoms with E-state index in [1.54, 1.807) is 30.6 Å². The Morgan fingerprint density at radius 2 is 1.93 bits per heavy atom. The lowest BCUT2D eigenvalue weighted by molar-refractivity contribution is -0.141. The number of ether oxygens (including phenoxy) is 2. The Kier molecular flexibility index (Phi) is 10.7. The van der Waals surface area contributed by atoms with Crippen molar-refractivity contribution >= 4 is 35.5 Å². The molecule has 0 spiro atoms. The standard InChI is InChI=1S/C31H40ClN7O5/c1-30(2,3)44-29(42)39(14-12-21-8-6-5-7-9-21)24(16-32)31(37-28(41)36-26-19-34-23(17-33)18-35-26)13-15-38(20-25(31)43-4)27(40)22-10-11-22/h5-9,18-19,22,24-25H,10-16,20H2,1-4H3,(H2,35,36,37,41)/t24?,25-,31?/m0/s1. The van der Waals surface area contributed by atoms with Crippen LogP contribution in [0, 0.1) is 17.2 Å². The molecule has 236 valence electrons. The minimum Gasteiger partial charge on any atom is -0.444 e. The highest BCUT2D eigenvalue weighted by molar-refractivity contribution is 6.18. The van der Waals surface area contributed by atoms with Crippen molar-refractivity contribution in [2.24, 2.45) is 5.92 Å². The number of nitriles is 1. The normalized spacial score (nSPS) is 20.6. The van der Waals surface area contributed by atoms with Gasteiger partial charge >= 0.3 is 12.1 Å². The highest BCUT2D eigenvalue weighted by Crippen LogP contribution is 2.37. The molecule has 2 aromatic rings. The van der Waals surface area contributed by atoms with Crippen LogP contribution < -0.4 is 10.6 Å². The zero-order valence-corrected chi connectivity index (χ0v) is 26.3. The lowest BCUT2D eigenvalue weighted by Gasteiger charge is -2.53. The molecule has 0 radical (unpaired) electrons. The second kappa shape index (κ2) is 14.2. The predicted octanol–water partition coefficient (Wildman–Crippen LogP) is 3.95. The number of piperidine rings is 1. The monoisotopic (exact) mass is 625 g/mol. The number of amides is 4. The highest BCUT2D eigenvalue weighted by Gasteiger charge is 2.54. The third-order valence-corrected chi connectivity index (χ3v) is 8.15. The van der Waals surface area contributed by atoms with Crippen LogP contribution in [0.15, 0.2) is 42.7 Å². The Bertz CT molecular complexity index is 1340. The number of likely N-dealkylation sites (tertiary alicyclic amines) is 1. The number of alkyl halides is 1. The van der Waals surface area contributed by atoms with Gasteiger partial charge in [-0.3, -0.25) is 10.1 Å². The average molecular weight is 626 g/mol. The summed E-state index contributed by atoms with van der Waals surface area (Å²) in [4.78, 5) is 51.9. The van der Waals surface area contributed by atoms with Gasteiger partial charge in [-0.1, -0.05) is 30.3 Å². The lowest BCUT2D eigenvalue weighted by Crippen LogP contribution is -2.75. The number of carbonyl (C=O) groups excluding carboxylic acids is 3. The number of halogens is 1. The molecular formula is C31H40ClN7O5. The average Bonchev–Trinajstić information content (AvgIpc) is 3.85. The van der Waals surface area contributed by atoms with Crippen molar-refractivity contribution < 1.29 is 23.9 Å². The second-order valence-corrected chi connectivity index (χ2v) is 12.4. The number of methoxy groups -OCH3 is 1. The maximum Gasteiger partial charge on any atom is 0.410 e. The summed E-state index contributed by atoms with van der Waals surface area (Å²) >= 11 is 6.73. The zero-order valence-electron chi connectivity index (χ0n) is 25.6. The molecule has 2 aliphatic rings. The molecule has 1 saturated heterocycles. The molecule has 2 unspecified atom stereocenters. The van der Waals surface area contributed by atoms with Crippen LogP contribution in [0.4, 0.5) is 15.4 Å². The fraction of sp³-hybridized carbons (Fsp3) is 0.548. The summed E-state index contributed by atoms with van der Waals surface area (Å²) in [5.74, 6) is 0.150. The summed E-state index contributed by atoms with van der Waals surface area (Å²) in [6.07, 6.45) is 3.73. The van der Waals surface area contributed by atoms with Gasteiger partial charge in [-0.05, 0) is 52.0 Å². The number of nitrogens with one attached hydrogen (secondary N) is 2. The number of nitrogens with zero attached hydrogens (tertiary/aromatic N) is 5. The molecule has 3 atom stereocenters. The van der Waals surface area contributed by atoms with E-state index >= 15 is 0 Å². The maximum absolute atomic E-state index is 13.8. The first-order valence-corrected chi connectivity index (χ1v) is 15.3. The molecule has 1 aliphatic carbocycles. The van der Waals surface area contributed by atoms with Gasteiger partial charge in [-0.25, -0.2) is 19.6 Å². The zero-order chi connectivity index (χ0) is 31.9. The van der Waals surface area contributed by atoms with Crippen LogP contribution in [0.2, 0.25) is 0 Å². The van der Waals surface area contributed by atoms with Gasteiger partial charge in [0.25, 0.3) is 0 Å². The molecule has 1 aromatic heterocycles. The van der Waals surface area contributed by atoms with Crippen LogP contribution in [0.1, 0.15) is 51.3 Å². The predicted molar refractivity (Wildman–Crippen MR) is 164 cm³/mol. The van der Waals surface area contributed by atoms with Crippen molar-refractivity contribution in [2.75, 3.05) is 37.9 Å². The molecule has 44 heavy (non-hydrogen) atoms. The highest BCUT2D eigenvalue weighted by atomic mass is 35.5. The van der Waals surface area contributed by atoms with E-state index in [0.717, 1.165) is 18.4 Å².